The molecular weight excluding hydrogens is 348 g/mol. The largest absolute Gasteiger partial charge is 0.379 e. The van der Waals surface area contributed by atoms with Gasteiger partial charge < -0.3 is 10.1 Å². The number of nitrogens with one attached hydrogen (secondary N) is 2. The van der Waals surface area contributed by atoms with Gasteiger partial charge in [-0.15, -0.1) is 11.3 Å². The van der Waals surface area contributed by atoms with Crippen molar-refractivity contribution in [3.8, 4) is 10.6 Å². The van der Waals surface area contributed by atoms with E-state index in [1.807, 2.05) is 35.7 Å². The summed E-state index contributed by atoms with van der Waals surface area (Å²) in [5.74, 6) is -0.215. The van der Waals surface area contributed by atoms with Gasteiger partial charge in [-0.25, -0.2) is 0 Å². The third kappa shape index (κ3) is 4.01. The number of carbonyl (C=O) groups excluding carboxylic acids is 1. The summed E-state index contributed by atoms with van der Waals surface area (Å²) < 4.78 is 5.38. The van der Waals surface area contributed by atoms with Gasteiger partial charge in [0.15, 0.2) is 5.69 Å². The van der Waals surface area contributed by atoms with Gasteiger partial charge in [-0.05, 0) is 35.2 Å². The number of benzene rings is 1. The van der Waals surface area contributed by atoms with Crippen LogP contribution in [0.25, 0.3) is 10.6 Å². The van der Waals surface area contributed by atoms with Crippen molar-refractivity contribution in [2.45, 2.75) is 6.54 Å². The summed E-state index contributed by atoms with van der Waals surface area (Å²) in [6.07, 6.45) is 0. The van der Waals surface area contributed by atoms with Crippen molar-refractivity contribution in [1.82, 2.24) is 15.1 Å². The molecule has 2 aromatic heterocycles. The first-order valence-electron chi connectivity index (χ1n) is 8.57. The van der Waals surface area contributed by atoms with E-state index in [-0.39, 0.29) is 5.91 Å². The number of H-pyrrole nitrogens is 1. The second-order valence-electron chi connectivity index (χ2n) is 6.19. The van der Waals surface area contributed by atoms with Gasteiger partial charge in [0.1, 0.15) is 0 Å². The highest BCUT2D eigenvalue weighted by molar-refractivity contribution is 7.13. The molecular formula is C19H20N4O2S. The van der Waals surface area contributed by atoms with Gasteiger partial charge in [-0.2, -0.15) is 5.10 Å². The Morgan fingerprint density at radius 3 is 2.92 bits per heavy atom. The molecule has 1 aromatic carbocycles. The molecule has 26 heavy (non-hydrogen) atoms. The monoisotopic (exact) mass is 368 g/mol. The molecule has 0 spiro atoms. The average Bonchev–Trinajstić information content (AvgIpc) is 3.34. The molecule has 4 rings (SSSR count). The van der Waals surface area contributed by atoms with Crippen LogP contribution in [0.4, 0.5) is 5.69 Å². The molecule has 1 amide bonds. The van der Waals surface area contributed by atoms with Crippen molar-refractivity contribution in [3.05, 3.63) is 59.1 Å². The lowest BCUT2D eigenvalue weighted by molar-refractivity contribution is 0.0342. The topological polar surface area (TPSA) is 70.2 Å². The van der Waals surface area contributed by atoms with Crippen LogP contribution in [0, 0.1) is 0 Å². The number of morpholine rings is 1. The third-order valence-corrected chi connectivity index (χ3v) is 5.20. The first-order chi connectivity index (χ1) is 12.8. The van der Waals surface area contributed by atoms with Crippen LogP contribution in [0.15, 0.2) is 47.8 Å². The minimum Gasteiger partial charge on any atom is -0.379 e. The van der Waals surface area contributed by atoms with E-state index in [0.29, 0.717) is 5.69 Å². The number of thiophene rings is 1. The minimum atomic E-state index is -0.215. The van der Waals surface area contributed by atoms with E-state index >= 15 is 0 Å². The van der Waals surface area contributed by atoms with Gasteiger partial charge in [-0.3, -0.25) is 14.8 Å². The first-order valence-corrected chi connectivity index (χ1v) is 9.45. The summed E-state index contributed by atoms with van der Waals surface area (Å²) in [5.41, 5.74) is 3.19. The zero-order chi connectivity index (χ0) is 17.8. The van der Waals surface area contributed by atoms with Crippen molar-refractivity contribution < 1.29 is 9.53 Å². The molecule has 1 fully saturated rings. The normalized spacial score (nSPS) is 15.1. The Bertz CT molecular complexity index is 869. The fourth-order valence-corrected chi connectivity index (χ4v) is 3.65. The fourth-order valence-electron chi connectivity index (χ4n) is 2.96. The molecule has 3 heterocycles. The van der Waals surface area contributed by atoms with E-state index in [9.17, 15) is 4.79 Å². The number of anilines is 1. The molecule has 0 aliphatic carbocycles. The van der Waals surface area contributed by atoms with E-state index in [2.05, 4.69) is 26.5 Å². The van der Waals surface area contributed by atoms with Crippen LogP contribution < -0.4 is 5.32 Å². The Balaban J connectivity index is 1.42. The van der Waals surface area contributed by atoms with Crippen molar-refractivity contribution in [3.63, 3.8) is 0 Å². The molecule has 2 N–H and O–H groups in total. The predicted molar refractivity (Wildman–Crippen MR) is 102 cm³/mol. The Morgan fingerprint density at radius 2 is 2.12 bits per heavy atom. The highest BCUT2D eigenvalue weighted by Gasteiger charge is 2.14. The summed E-state index contributed by atoms with van der Waals surface area (Å²) >= 11 is 1.61. The summed E-state index contributed by atoms with van der Waals surface area (Å²) in [7, 11) is 0. The standard InChI is InChI=1S/C19H20N4O2S/c24-19(17-12-16(21-22-17)18-5-2-10-26-18)20-15-4-1-3-14(11-15)13-23-6-8-25-9-7-23/h1-5,10-12H,6-9,13H2,(H,20,24)(H,21,22). The molecule has 0 radical (unpaired) electrons. The van der Waals surface area contributed by atoms with Crippen LogP contribution in [-0.2, 0) is 11.3 Å². The molecule has 7 heteroatoms. The van der Waals surface area contributed by atoms with Gasteiger partial charge in [0.05, 0.1) is 23.8 Å². The van der Waals surface area contributed by atoms with E-state index in [0.717, 1.165) is 49.1 Å². The summed E-state index contributed by atoms with van der Waals surface area (Å²) in [4.78, 5) is 15.9. The number of hydrogen-bond donors (Lipinski definition) is 2. The van der Waals surface area contributed by atoms with Gasteiger partial charge in [0, 0.05) is 25.3 Å². The number of rotatable bonds is 5. The number of ether oxygens (including phenoxy) is 1. The zero-order valence-corrected chi connectivity index (χ0v) is 15.1. The number of aromatic nitrogens is 2. The zero-order valence-electron chi connectivity index (χ0n) is 14.3. The molecule has 0 bridgehead atoms. The SMILES string of the molecule is O=C(Nc1cccc(CN2CCOCC2)c1)c1cc(-c2cccs2)[nH]n1. The fraction of sp³-hybridized carbons (Fsp3) is 0.263. The van der Waals surface area contributed by atoms with Crippen molar-refractivity contribution >= 4 is 22.9 Å². The molecule has 3 aromatic rings. The Kier molecular flexibility index (Phi) is 5.10. The predicted octanol–water partition coefficient (Wildman–Crippen LogP) is 3.22. The first kappa shape index (κ1) is 17.0. The van der Waals surface area contributed by atoms with Crippen LogP contribution in [-0.4, -0.2) is 47.3 Å². The maximum absolute atomic E-state index is 12.5. The number of hydrogen-bond acceptors (Lipinski definition) is 5. The maximum Gasteiger partial charge on any atom is 0.276 e. The quantitative estimate of drug-likeness (QED) is 0.725. The Hall–Kier alpha value is -2.48. The van der Waals surface area contributed by atoms with Crippen LogP contribution in [0.2, 0.25) is 0 Å². The highest BCUT2D eigenvalue weighted by atomic mass is 32.1. The maximum atomic E-state index is 12.5. The highest BCUT2D eigenvalue weighted by Crippen LogP contribution is 2.23. The lowest BCUT2D eigenvalue weighted by atomic mass is 10.1. The summed E-state index contributed by atoms with van der Waals surface area (Å²) in [6.45, 7) is 4.30. The molecule has 1 saturated heterocycles. The number of nitrogens with zero attached hydrogens (tertiary/aromatic N) is 2. The Labute approximate surface area is 155 Å². The molecule has 1 aliphatic rings. The van der Waals surface area contributed by atoms with E-state index in [1.54, 1.807) is 17.4 Å². The molecule has 1 aliphatic heterocycles. The summed E-state index contributed by atoms with van der Waals surface area (Å²) in [6, 6.07) is 13.7. The van der Waals surface area contributed by atoms with Gasteiger partial charge in [-0.1, -0.05) is 18.2 Å². The number of amides is 1. The molecule has 6 nitrogen and oxygen atoms in total. The van der Waals surface area contributed by atoms with Crippen LogP contribution in [0.3, 0.4) is 0 Å². The van der Waals surface area contributed by atoms with Crippen LogP contribution in [0.5, 0.6) is 0 Å². The van der Waals surface area contributed by atoms with Gasteiger partial charge in [0.2, 0.25) is 0 Å². The second-order valence-corrected chi connectivity index (χ2v) is 7.13. The second kappa shape index (κ2) is 7.82. The van der Waals surface area contributed by atoms with E-state index in [1.165, 1.54) is 5.56 Å². The van der Waals surface area contributed by atoms with Crippen LogP contribution >= 0.6 is 11.3 Å². The van der Waals surface area contributed by atoms with Crippen molar-refractivity contribution in [2.75, 3.05) is 31.6 Å². The number of carbonyl (C=O) groups is 1. The lowest BCUT2D eigenvalue weighted by Crippen LogP contribution is -2.35. The van der Waals surface area contributed by atoms with E-state index in [4.69, 9.17) is 4.74 Å². The van der Waals surface area contributed by atoms with Gasteiger partial charge >= 0.3 is 0 Å². The van der Waals surface area contributed by atoms with E-state index < -0.39 is 0 Å². The summed E-state index contributed by atoms with van der Waals surface area (Å²) in [5, 5.41) is 12.0. The Morgan fingerprint density at radius 1 is 1.23 bits per heavy atom. The molecule has 134 valence electrons. The van der Waals surface area contributed by atoms with Crippen molar-refractivity contribution in [1.29, 1.82) is 0 Å². The minimum absolute atomic E-state index is 0.215. The molecule has 0 saturated carbocycles. The van der Waals surface area contributed by atoms with Gasteiger partial charge in [0.25, 0.3) is 5.91 Å². The smallest absolute Gasteiger partial charge is 0.276 e. The average molecular weight is 368 g/mol. The number of aromatic amines is 1. The lowest BCUT2D eigenvalue weighted by Gasteiger charge is -2.26. The van der Waals surface area contributed by atoms with Crippen LogP contribution in [0.1, 0.15) is 16.1 Å². The van der Waals surface area contributed by atoms with Crippen molar-refractivity contribution in [2.24, 2.45) is 0 Å². The molecule has 0 unspecified atom stereocenters. The third-order valence-electron chi connectivity index (χ3n) is 4.29. The molecule has 0 atom stereocenters.